The molecule has 1 aromatic heterocycles. The lowest BCUT2D eigenvalue weighted by Gasteiger charge is -2.12. The molecule has 2 rings (SSSR count). The predicted octanol–water partition coefficient (Wildman–Crippen LogP) is 2.52. The fraction of sp³-hybridized carbons (Fsp3) is 0.400. The van der Waals surface area contributed by atoms with Crippen LogP contribution in [0.3, 0.4) is 0 Å². The molecular weight excluding hydrogens is 371 g/mol. The molecule has 0 unspecified atom stereocenters. The van der Waals surface area contributed by atoms with Crippen LogP contribution in [0, 0.1) is 5.82 Å². The Bertz CT molecular complexity index is 795. The Morgan fingerprint density at radius 1 is 1.56 bits per heavy atom. The van der Waals surface area contributed by atoms with Gasteiger partial charge in [0, 0.05) is 25.9 Å². The summed E-state index contributed by atoms with van der Waals surface area (Å²) in [6, 6.07) is 3.93. The minimum absolute atomic E-state index is 0.0719. The van der Waals surface area contributed by atoms with Crippen LogP contribution in [0.4, 0.5) is 10.1 Å². The van der Waals surface area contributed by atoms with Crippen molar-refractivity contribution in [2.75, 3.05) is 19.0 Å². The normalized spacial score (nSPS) is 12.2. The molecule has 1 aromatic carbocycles. The molecule has 0 aliphatic carbocycles. The van der Waals surface area contributed by atoms with Gasteiger partial charge in [-0.25, -0.2) is 14.3 Å². The number of halogens is 2. The van der Waals surface area contributed by atoms with Gasteiger partial charge in [-0.1, -0.05) is 23.4 Å². The van der Waals surface area contributed by atoms with Gasteiger partial charge in [0.05, 0.1) is 10.3 Å². The van der Waals surface area contributed by atoms with Crippen LogP contribution < -0.4 is 11.0 Å². The molecule has 0 aliphatic heterocycles. The van der Waals surface area contributed by atoms with E-state index in [-0.39, 0.29) is 16.6 Å². The summed E-state index contributed by atoms with van der Waals surface area (Å²) in [5.74, 6) is -0.870. The standard InChI is InChI=1S/C15H18ClFN4O3S/c1-9(13(22)18-10-4-5-12(17)11(16)8-10)25-15-20-19-14(23)21(15)6-3-7-24-2/h4-5,8-9H,3,6-7H2,1-2H3,(H,18,22)(H,19,23)/t9-/m0/s1. The van der Waals surface area contributed by atoms with Gasteiger partial charge < -0.3 is 10.1 Å². The number of ether oxygens (including phenoxy) is 1. The summed E-state index contributed by atoms with van der Waals surface area (Å²) in [5.41, 5.74) is 0.0555. The first kappa shape index (κ1) is 19.5. The topological polar surface area (TPSA) is 89.0 Å². The summed E-state index contributed by atoms with van der Waals surface area (Å²) in [7, 11) is 1.59. The average Bonchev–Trinajstić information content (AvgIpc) is 2.91. The van der Waals surface area contributed by atoms with E-state index in [1.807, 2.05) is 0 Å². The number of rotatable bonds is 8. The Morgan fingerprint density at radius 2 is 2.32 bits per heavy atom. The molecule has 0 bridgehead atoms. The van der Waals surface area contributed by atoms with Crippen molar-refractivity contribution >= 4 is 35.0 Å². The molecule has 10 heteroatoms. The third kappa shape index (κ3) is 5.32. The summed E-state index contributed by atoms with van der Waals surface area (Å²) in [4.78, 5) is 24.1. The van der Waals surface area contributed by atoms with Crippen molar-refractivity contribution in [1.82, 2.24) is 14.8 Å². The van der Waals surface area contributed by atoms with Crippen molar-refractivity contribution in [3.05, 3.63) is 39.5 Å². The molecule has 1 atom stereocenters. The van der Waals surface area contributed by atoms with Gasteiger partial charge in [0.25, 0.3) is 0 Å². The number of carbonyl (C=O) groups is 1. The first-order chi connectivity index (χ1) is 11.9. The highest BCUT2D eigenvalue weighted by atomic mass is 35.5. The minimum atomic E-state index is -0.557. The van der Waals surface area contributed by atoms with Crippen molar-refractivity contribution < 1.29 is 13.9 Å². The lowest BCUT2D eigenvalue weighted by molar-refractivity contribution is -0.115. The molecule has 1 heterocycles. The van der Waals surface area contributed by atoms with E-state index in [2.05, 4.69) is 15.5 Å². The van der Waals surface area contributed by atoms with Gasteiger partial charge in [0.1, 0.15) is 5.82 Å². The Kier molecular flexibility index (Phi) is 7.03. The maximum atomic E-state index is 13.2. The molecule has 25 heavy (non-hydrogen) atoms. The monoisotopic (exact) mass is 388 g/mol. The number of H-pyrrole nitrogens is 1. The van der Waals surface area contributed by atoms with Crippen LogP contribution in [0.25, 0.3) is 0 Å². The third-order valence-electron chi connectivity index (χ3n) is 3.29. The van der Waals surface area contributed by atoms with Gasteiger partial charge >= 0.3 is 5.69 Å². The molecule has 0 saturated heterocycles. The first-order valence-corrected chi connectivity index (χ1v) is 8.75. The number of thioether (sulfide) groups is 1. The van der Waals surface area contributed by atoms with E-state index in [4.69, 9.17) is 16.3 Å². The number of methoxy groups -OCH3 is 1. The zero-order valence-corrected chi connectivity index (χ0v) is 15.3. The Hall–Kier alpha value is -1.84. The van der Waals surface area contributed by atoms with Gasteiger partial charge in [0.2, 0.25) is 5.91 Å². The van der Waals surface area contributed by atoms with E-state index in [9.17, 15) is 14.0 Å². The van der Waals surface area contributed by atoms with Crippen molar-refractivity contribution in [3.63, 3.8) is 0 Å². The molecule has 7 nitrogen and oxygen atoms in total. The van der Waals surface area contributed by atoms with Crippen molar-refractivity contribution in [1.29, 1.82) is 0 Å². The van der Waals surface area contributed by atoms with Gasteiger partial charge in [-0.05, 0) is 31.5 Å². The quantitative estimate of drug-likeness (QED) is 0.535. The Balaban J connectivity index is 2.01. The Morgan fingerprint density at radius 3 is 3.00 bits per heavy atom. The van der Waals surface area contributed by atoms with Gasteiger partial charge in [-0.15, -0.1) is 5.10 Å². The van der Waals surface area contributed by atoms with E-state index >= 15 is 0 Å². The number of anilines is 1. The maximum absolute atomic E-state index is 13.2. The molecule has 0 spiro atoms. The van der Waals surface area contributed by atoms with Crippen LogP contribution in [0.5, 0.6) is 0 Å². The zero-order valence-electron chi connectivity index (χ0n) is 13.7. The van der Waals surface area contributed by atoms with E-state index < -0.39 is 11.1 Å². The second-order valence-corrected chi connectivity index (χ2v) is 6.90. The second-order valence-electron chi connectivity index (χ2n) is 5.19. The summed E-state index contributed by atoms with van der Waals surface area (Å²) < 4.78 is 19.6. The molecule has 2 aromatic rings. The van der Waals surface area contributed by atoms with Crippen LogP contribution in [0.15, 0.2) is 28.2 Å². The summed E-state index contributed by atoms with van der Waals surface area (Å²) in [6.07, 6.45) is 0.651. The van der Waals surface area contributed by atoms with Crippen molar-refractivity contribution in [2.45, 2.75) is 30.3 Å². The second kappa shape index (κ2) is 9.02. The van der Waals surface area contributed by atoms with Gasteiger partial charge in [0.15, 0.2) is 5.16 Å². The molecule has 0 fully saturated rings. The summed E-state index contributed by atoms with van der Waals surface area (Å²) in [6.45, 7) is 2.64. The van der Waals surface area contributed by atoms with Gasteiger partial charge in [-0.3, -0.25) is 9.36 Å². The van der Waals surface area contributed by atoms with Crippen LogP contribution in [-0.4, -0.2) is 39.6 Å². The summed E-state index contributed by atoms with van der Waals surface area (Å²) in [5, 5.41) is 8.79. The van der Waals surface area contributed by atoms with Crippen LogP contribution >= 0.6 is 23.4 Å². The van der Waals surface area contributed by atoms with Crippen LogP contribution in [0.1, 0.15) is 13.3 Å². The number of aromatic nitrogens is 3. The maximum Gasteiger partial charge on any atom is 0.343 e. The lowest BCUT2D eigenvalue weighted by atomic mass is 10.3. The molecule has 2 N–H and O–H groups in total. The van der Waals surface area contributed by atoms with E-state index in [0.717, 1.165) is 11.8 Å². The highest BCUT2D eigenvalue weighted by Crippen LogP contribution is 2.23. The number of benzene rings is 1. The van der Waals surface area contributed by atoms with Crippen molar-refractivity contribution in [2.24, 2.45) is 0 Å². The number of hydrogen-bond acceptors (Lipinski definition) is 5. The number of nitrogens with zero attached hydrogens (tertiary/aromatic N) is 2. The van der Waals surface area contributed by atoms with E-state index in [1.165, 1.54) is 22.8 Å². The van der Waals surface area contributed by atoms with Crippen LogP contribution in [0.2, 0.25) is 5.02 Å². The molecule has 0 radical (unpaired) electrons. The first-order valence-electron chi connectivity index (χ1n) is 7.49. The number of amides is 1. The number of aromatic amines is 1. The predicted molar refractivity (Wildman–Crippen MR) is 94.7 cm³/mol. The fourth-order valence-electron chi connectivity index (χ4n) is 1.99. The Labute approximate surface area is 152 Å². The van der Waals surface area contributed by atoms with Crippen LogP contribution in [-0.2, 0) is 16.1 Å². The van der Waals surface area contributed by atoms with E-state index in [1.54, 1.807) is 14.0 Å². The zero-order chi connectivity index (χ0) is 18.4. The molecule has 0 aliphatic rings. The summed E-state index contributed by atoms with van der Waals surface area (Å²) >= 11 is 6.84. The lowest BCUT2D eigenvalue weighted by Crippen LogP contribution is -2.24. The molecule has 1 amide bonds. The number of carbonyl (C=O) groups excluding carboxylic acids is 1. The van der Waals surface area contributed by atoms with Gasteiger partial charge in [-0.2, -0.15) is 0 Å². The highest BCUT2D eigenvalue weighted by molar-refractivity contribution is 8.00. The minimum Gasteiger partial charge on any atom is -0.385 e. The number of nitrogens with one attached hydrogen (secondary N) is 2. The smallest absolute Gasteiger partial charge is 0.343 e. The largest absolute Gasteiger partial charge is 0.385 e. The fourth-order valence-corrected chi connectivity index (χ4v) is 3.05. The van der Waals surface area contributed by atoms with Crippen molar-refractivity contribution in [3.8, 4) is 0 Å². The third-order valence-corrected chi connectivity index (χ3v) is 4.67. The molecule has 0 saturated carbocycles. The molecular formula is C15H18ClFN4O3S. The SMILES string of the molecule is COCCCn1c(S[C@@H](C)C(=O)Nc2ccc(F)c(Cl)c2)n[nH]c1=O. The average molecular weight is 389 g/mol. The van der Waals surface area contributed by atoms with E-state index in [0.29, 0.717) is 30.4 Å². The molecule has 136 valence electrons. The number of hydrogen-bond donors (Lipinski definition) is 2. The highest BCUT2D eigenvalue weighted by Gasteiger charge is 2.19.